The average molecular weight is 414 g/mol. The summed E-state index contributed by atoms with van der Waals surface area (Å²) in [5.41, 5.74) is 1.81. The van der Waals surface area contributed by atoms with Crippen LogP contribution < -0.4 is 4.74 Å². The molecule has 1 fully saturated rings. The molecule has 0 bridgehead atoms. The first kappa shape index (κ1) is 19.1. The third-order valence-electron chi connectivity index (χ3n) is 4.82. The van der Waals surface area contributed by atoms with E-state index in [1.807, 2.05) is 41.8 Å². The van der Waals surface area contributed by atoms with Gasteiger partial charge in [-0.25, -0.2) is 9.97 Å². The number of para-hydroxylation sites is 1. The zero-order valence-corrected chi connectivity index (χ0v) is 16.8. The molecule has 2 aromatic heterocycles. The number of aldehydes is 1. The highest BCUT2D eigenvalue weighted by atomic mass is 35.5. The maximum atomic E-state index is 11.8. The van der Waals surface area contributed by atoms with Crippen LogP contribution in [0.1, 0.15) is 30.3 Å². The first-order valence-corrected chi connectivity index (χ1v) is 10.5. The summed E-state index contributed by atoms with van der Waals surface area (Å²) >= 11 is 7.49. The third kappa shape index (κ3) is 4.24. The Bertz CT molecular complexity index is 917. The molecule has 1 aromatic carbocycles. The van der Waals surface area contributed by atoms with E-state index in [2.05, 4.69) is 9.88 Å². The molecular formula is C21H20ClN3O2S. The van der Waals surface area contributed by atoms with Crippen LogP contribution in [0.2, 0.25) is 5.15 Å². The molecule has 144 valence electrons. The van der Waals surface area contributed by atoms with E-state index in [1.54, 1.807) is 23.6 Å². The van der Waals surface area contributed by atoms with E-state index in [0.717, 1.165) is 48.4 Å². The number of piperidine rings is 1. The van der Waals surface area contributed by atoms with E-state index < -0.39 is 6.23 Å². The van der Waals surface area contributed by atoms with Crippen LogP contribution in [0, 0.1) is 0 Å². The van der Waals surface area contributed by atoms with Crippen molar-refractivity contribution >= 4 is 29.2 Å². The van der Waals surface area contributed by atoms with Crippen molar-refractivity contribution in [2.45, 2.75) is 31.5 Å². The summed E-state index contributed by atoms with van der Waals surface area (Å²) in [5.74, 6) is 0.691. The number of ether oxygens (including phenoxy) is 1. The maximum absolute atomic E-state index is 11.8. The molecule has 0 aliphatic carbocycles. The second kappa shape index (κ2) is 8.82. The molecule has 1 aliphatic rings. The molecule has 1 aliphatic heterocycles. The van der Waals surface area contributed by atoms with E-state index in [1.165, 1.54) is 0 Å². The second-order valence-corrected chi connectivity index (χ2v) is 7.92. The van der Waals surface area contributed by atoms with Gasteiger partial charge in [-0.15, -0.1) is 11.3 Å². The predicted molar refractivity (Wildman–Crippen MR) is 111 cm³/mol. The van der Waals surface area contributed by atoms with Gasteiger partial charge < -0.3 is 4.74 Å². The number of likely N-dealkylation sites (tertiary alicyclic amines) is 1. The lowest BCUT2D eigenvalue weighted by Gasteiger charge is -2.37. The van der Waals surface area contributed by atoms with Gasteiger partial charge in [0.15, 0.2) is 6.29 Å². The summed E-state index contributed by atoms with van der Waals surface area (Å²) in [5, 5.41) is 3.48. The van der Waals surface area contributed by atoms with E-state index in [4.69, 9.17) is 21.3 Å². The number of carbonyl (C=O) groups excluding carboxylic acids is 1. The van der Waals surface area contributed by atoms with Crippen molar-refractivity contribution < 1.29 is 9.53 Å². The Morgan fingerprint density at radius 1 is 1.21 bits per heavy atom. The predicted octanol–water partition coefficient (Wildman–Crippen LogP) is 4.99. The SMILES string of the molecule is O=CC(Oc1ccccc1)N1CCCC[C@@H]1c1nc(-c2ccc(Cl)nc2)cs1. The monoisotopic (exact) mass is 413 g/mol. The van der Waals surface area contributed by atoms with Crippen molar-refractivity contribution in [2.24, 2.45) is 0 Å². The number of hydrogen-bond acceptors (Lipinski definition) is 6. The fourth-order valence-corrected chi connectivity index (χ4v) is 4.53. The Hall–Kier alpha value is -2.28. The Kier molecular flexibility index (Phi) is 6.00. The summed E-state index contributed by atoms with van der Waals surface area (Å²) < 4.78 is 5.97. The zero-order chi connectivity index (χ0) is 19.3. The van der Waals surface area contributed by atoms with Crippen molar-refractivity contribution in [3.05, 3.63) is 64.2 Å². The molecule has 4 rings (SSSR count). The smallest absolute Gasteiger partial charge is 0.209 e. The van der Waals surface area contributed by atoms with Crippen LogP contribution in [-0.4, -0.2) is 33.9 Å². The van der Waals surface area contributed by atoms with Crippen molar-refractivity contribution in [3.63, 3.8) is 0 Å². The molecule has 0 N–H and O–H groups in total. The van der Waals surface area contributed by atoms with Crippen LogP contribution in [0.15, 0.2) is 54.0 Å². The number of hydrogen-bond donors (Lipinski definition) is 0. The van der Waals surface area contributed by atoms with E-state index in [0.29, 0.717) is 10.9 Å². The first-order valence-electron chi connectivity index (χ1n) is 9.24. The van der Waals surface area contributed by atoms with E-state index in [9.17, 15) is 4.79 Å². The number of pyridine rings is 1. The van der Waals surface area contributed by atoms with E-state index >= 15 is 0 Å². The number of rotatable bonds is 6. The number of benzene rings is 1. The topological polar surface area (TPSA) is 55.3 Å². The van der Waals surface area contributed by atoms with Crippen molar-refractivity contribution in [3.8, 4) is 17.0 Å². The Labute approximate surface area is 173 Å². The largest absolute Gasteiger partial charge is 0.468 e. The number of carbonyl (C=O) groups is 1. The minimum Gasteiger partial charge on any atom is -0.468 e. The summed E-state index contributed by atoms with van der Waals surface area (Å²) in [7, 11) is 0. The molecular weight excluding hydrogens is 394 g/mol. The minimum absolute atomic E-state index is 0.0617. The summed E-state index contributed by atoms with van der Waals surface area (Å²) in [6.45, 7) is 0.804. The van der Waals surface area contributed by atoms with Crippen molar-refractivity contribution in [1.82, 2.24) is 14.9 Å². The van der Waals surface area contributed by atoms with Crippen LogP contribution in [0.3, 0.4) is 0 Å². The molecule has 5 nitrogen and oxygen atoms in total. The van der Waals surface area contributed by atoms with Gasteiger partial charge >= 0.3 is 0 Å². The summed E-state index contributed by atoms with van der Waals surface area (Å²) in [6.07, 6.45) is 5.08. The van der Waals surface area contributed by atoms with Gasteiger partial charge in [0, 0.05) is 23.7 Å². The molecule has 0 amide bonds. The normalized spacial score (nSPS) is 18.5. The van der Waals surface area contributed by atoms with Gasteiger partial charge in [-0.05, 0) is 37.1 Å². The van der Waals surface area contributed by atoms with Gasteiger partial charge in [0.1, 0.15) is 15.9 Å². The highest BCUT2D eigenvalue weighted by molar-refractivity contribution is 7.10. The Morgan fingerprint density at radius 2 is 2.07 bits per heavy atom. The molecule has 2 atom stereocenters. The molecule has 3 heterocycles. The quantitative estimate of drug-likeness (QED) is 0.421. The fraction of sp³-hybridized carbons (Fsp3) is 0.286. The lowest BCUT2D eigenvalue weighted by Crippen LogP contribution is -2.45. The number of halogens is 1. The molecule has 3 aromatic rings. The van der Waals surface area contributed by atoms with Crippen LogP contribution in [0.25, 0.3) is 11.3 Å². The first-order chi connectivity index (χ1) is 13.7. The third-order valence-corrected chi connectivity index (χ3v) is 5.99. The molecule has 28 heavy (non-hydrogen) atoms. The van der Waals surface area contributed by atoms with Crippen LogP contribution in [0.4, 0.5) is 0 Å². The number of thiazole rings is 1. The van der Waals surface area contributed by atoms with Crippen molar-refractivity contribution in [1.29, 1.82) is 0 Å². The number of nitrogens with zero attached hydrogens (tertiary/aromatic N) is 3. The van der Waals surface area contributed by atoms with Gasteiger partial charge in [0.25, 0.3) is 0 Å². The van der Waals surface area contributed by atoms with Gasteiger partial charge in [-0.3, -0.25) is 9.69 Å². The lowest BCUT2D eigenvalue weighted by molar-refractivity contribution is -0.125. The highest BCUT2D eigenvalue weighted by Gasteiger charge is 2.33. The Balaban J connectivity index is 1.56. The average Bonchev–Trinajstić information content (AvgIpc) is 3.23. The summed E-state index contributed by atoms with van der Waals surface area (Å²) in [6, 6.07) is 13.2. The molecule has 0 saturated carbocycles. The van der Waals surface area contributed by atoms with Crippen LogP contribution in [0.5, 0.6) is 5.75 Å². The van der Waals surface area contributed by atoms with Gasteiger partial charge in [-0.2, -0.15) is 0 Å². The second-order valence-electron chi connectivity index (χ2n) is 6.65. The molecule has 0 radical (unpaired) electrons. The zero-order valence-electron chi connectivity index (χ0n) is 15.2. The van der Waals surface area contributed by atoms with Crippen LogP contribution in [-0.2, 0) is 4.79 Å². The highest BCUT2D eigenvalue weighted by Crippen LogP contribution is 2.36. The Morgan fingerprint density at radius 3 is 2.82 bits per heavy atom. The molecule has 7 heteroatoms. The van der Waals surface area contributed by atoms with Gasteiger partial charge in [0.05, 0.1) is 11.7 Å². The van der Waals surface area contributed by atoms with Crippen LogP contribution >= 0.6 is 22.9 Å². The maximum Gasteiger partial charge on any atom is 0.209 e. The lowest BCUT2D eigenvalue weighted by atomic mass is 10.0. The molecule has 0 spiro atoms. The fourth-order valence-electron chi connectivity index (χ4n) is 3.44. The molecule has 1 unspecified atom stereocenters. The van der Waals surface area contributed by atoms with Crippen molar-refractivity contribution in [2.75, 3.05) is 6.54 Å². The van der Waals surface area contributed by atoms with Gasteiger partial charge in [-0.1, -0.05) is 36.2 Å². The van der Waals surface area contributed by atoms with Gasteiger partial charge in [0.2, 0.25) is 6.23 Å². The minimum atomic E-state index is -0.628. The summed E-state index contributed by atoms with van der Waals surface area (Å²) in [4.78, 5) is 22.9. The number of aromatic nitrogens is 2. The van der Waals surface area contributed by atoms with E-state index in [-0.39, 0.29) is 6.04 Å². The standard InChI is InChI=1S/C21H20ClN3O2S/c22-19-10-9-15(12-23-19)17-14-28-21(24-17)18-8-4-5-11-25(18)20(13-26)27-16-6-2-1-3-7-16/h1-3,6-7,9-10,12-14,18,20H,4-5,8,11H2/t18-,20?/m1/s1. The molecule has 1 saturated heterocycles.